The zero-order chi connectivity index (χ0) is 27.4. The molecule has 3 aromatic carbocycles. The molecule has 0 bridgehead atoms. The van der Waals surface area contributed by atoms with Gasteiger partial charge < -0.3 is 0 Å². The molecule has 0 saturated heterocycles. The molecule has 9 heteroatoms. The number of aromatic nitrogens is 6. The molecule has 2 heterocycles. The Kier molecular flexibility index (Phi) is 7.58. The molecule has 39 heavy (non-hydrogen) atoms. The molecular weight excluding hydrogens is 495 g/mol. The fourth-order valence-electron chi connectivity index (χ4n) is 4.83. The van der Waals surface area contributed by atoms with E-state index in [9.17, 15) is 14.0 Å². The van der Waals surface area contributed by atoms with Crippen LogP contribution in [0.25, 0.3) is 28.2 Å². The average Bonchev–Trinajstić information content (AvgIpc) is 3.58. The predicted octanol–water partition coefficient (Wildman–Crippen LogP) is 5.61. The van der Waals surface area contributed by atoms with E-state index in [1.807, 2.05) is 48.5 Å². The van der Waals surface area contributed by atoms with Crippen LogP contribution in [0, 0.1) is 5.82 Å². The second kappa shape index (κ2) is 11.4. The first kappa shape index (κ1) is 26.0. The summed E-state index contributed by atoms with van der Waals surface area (Å²) in [5.41, 5.74) is 4.33. The topological polar surface area (TPSA) is 98.5 Å². The molecule has 198 valence electrons. The number of rotatable bonds is 10. The van der Waals surface area contributed by atoms with Crippen molar-refractivity contribution in [3.05, 3.63) is 106 Å². The van der Waals surface area contributed by atoms with Crippen molar-refractivity contribution in [3.8, 4) is 28.2 Å². The Hall–Kier alpha value is -4.66. The Morgan fingerprint density at radius 2 is 1.74 bits per heavy atom. The van der Waals surface area contributed by atoms with Crippen LogP contribution in [-0.4, -0.2) is 35.5 Å². The maximum absolute atomic E-state index is 15.0. The highest BCUT2D eigenvalue weighted by Gasteiger charge is 2.20. The van der Waals surface area contributed by atoms with Crippen LogP contribution in [0.1, 0.15) is 54.7 Å². The fraction of sp³-hybridized carbons (Fsp3) is 0.233. The van der Waals surface area contributed by atoms with Crippen LogP contribution >= 0.6 is 0 Å². The summed E-state index contributed by atoms with van der Waals surface area (Å²) in [6.07, 6.45) is 5.32. The van der Waals surface area contributed by atoms with Crippen molar-refractivity contribution < 1.29 is 9.18 Å². The molecule has 0 saturated carbocycles. The predicted molar refractivity (Wildman–Crippen MR) is 147 cm³/mol. The number of ketones is 1. The minimum atomic E-state index is -0.605. The van der Waals surface area contributed by atoms with Crippen LogP contribution < -0.4 is 5.69 Å². The van der Waals surface area contributed by atoms with Gasteiger partial charge in [-0.2, -0.15) is 5.21 Å². The number of halogens is 1. The van der Waals surface area contributed by atoms with Gasteiger partial charge in [0.2, 0.25) is 5.82 Å². The third-order valence-electron chi connectivity index (χ3n) is 6.82. The molecule has 0 radical (unpaired) electrons. The van der Waals surface area contributed by atoms with E-state index < -0.39 is 5.82 Å². The Morgan fingerprint density at radius 1 is 0.974 bits per heavy atom. The van der Waals surface area contributed by atoms with Crippen molar-refractivity contribution in [2.45, 2.75) is 46.1 Å². The van der Waals surface area contributed by atoms with Gasteiger partial charge >= 0.3 is 5.69 Å². The summed E-state index contributed by atoms with van der Waals surface area (Å²) in [5, 5.41) is 14.4. The van der Waals surface area contributed by atoms with Gasteiger partial charge in [-0.1, -0.05) is 74.4 Å². The number of carbonyl (C=O) groups excluding carboxylic acids is 1. The molecule has 0 unspecified atom stereocenters. The lowest BCUT2D eigenvalue weighted by Gasteiger charge is -2.10. The van der Waals surface area contributed by atoms with Crippen LogP contribution in [0.4, 0.5) is 4.39 Å². The molecule has 0 spiro atoms. The highest BCUT2D eigenvalue weighted by Crippen LogP contribution is 2.30. The smallest absolute Gasteiger partial charge is 0.294 e. The number of unbranched alkanes of at least 4 members (excludes halogenated alkanes) is 2. The van der Waals surface area contributed by atoms with Crippen molar-refractivity contribution in [2.75, 3.05) is 0 Å². The molecule has 0 aliphatic rings. The van der Waals surface area contributed by atoms with E-state index in [2.05, 4.69) is 27.5 Å². The summed E-state index contributed by atoms with van der Waals surface area (Å²) in [7, 11) is 0. The van der Waals surface area contributed by atoms with Gasteiger partial charge in [0.05, 0.1) is 12.2 Å². The fourth-order valence-corrected chi connectivity index (χ4v) is 4.83. The van der Waals surface area contributed by atoms with Gasteiger partial charge in [0.1, 0.15) is 5.82 Å². The quantitative estimate of drug-likeness (QED) is 0.189. The molecule has 2 aromatic heterocycles. The minimum absolute atomic E-state index is 0.00101. The van der Waals surface area contributed by atoms with Gasteiger partial charge in [-0.3, -0.25) is 13.9 Å². The van der Waals surface area contributed by atoms with Gasteiger partial charge in [0, 0.05) is 23.0 Å². The number of imidazole rings is 1. The van der Waals surface area contributed by atoms with Gasteiger partial charge in [-0.25, -0.2) is 9.18 Å². The molecule has 8 nitrogen and oxygen atoms in total. The van der Waals surface area contributed by atoms with Crippen LogP contribution in [0.15, 0.2) is 77.7 Å². The van der Waals surface area contributed by atoms with E-state index in [1.165, 1.54) is 23.6 Å². The molecule has 0 aliphatic carbocycles. The van der Waals surface area contributed by atoms with Crippen molar-refractivity contribution in [1.82, 2.24) is 29.8 Å². The third kappa shape index (κ3) is 5.34. The van der Waals surface area contributed by atoms with Gasteiger partial charge in [-0.15, -0.1) is 10.2 Å². The van der Waals surface area contributed by atoms with Crippen LogP contribution in [0.3, 0.4) is 0 Å². The van der Waals surface area contributed by atoms with Crippen LogP contribution in [-0.2, 0) is 13.0 Å². The monoisotopic (exact) mass is 524 g/mol. The number of para-hydroxylation sites is 1. The van der Waals surface area contributed by atoms with E-state index in [-0.39, 0.29) is 22.7 Å². The third-order valence-corrected chi connectivity index (χ3v) is 6.82. The highest BCUT2D eigenvalue weighted by atomic mass is 19.1. The number of aryl methyl sites for hydroxylation is 1. The first-order chi connectivity index (χ1) is 19.0. The second-order valence-electron chi connectivity index (χ2n) is 9.49. The number of hydrogen-bond acceptors (Lipinski definition) is 5. The lowest BCUT2D eigenvalue weighted by atomic mass is 9.98. The van der Waals surface area contributed by atoms with Crippen molar-refractivity contribution in [3.63, 3.8) is 0 Å². The van der Waals surface area contributed by atoms with Crippen LogP contribution in [0.5, 0.6) is 0 Å². The van der Waals surface area contributed by atoms with Crippen molar-refractivity contribution in [2.24, 2.45) is 0 Å². The number of aromatic amines is 1. The molecule has 0 fully saturated rings. The lowest BCUT2D eigenvalue weighted by molar-refractivity contribution is 0.101. The van der Waals surface area contributed by atoms with E-state index in [0.717, 1.165) is 47.2 Å². The van der Waals surface area contributed by atoms with E-state index in [0.29, 0.717) is 18.8 Å². The van der Waals surface area contributed by atoms with Gasteiger partial charge in [0.15, 0.2) is 5.78 Å². The van der Waals surface area contributed by atoms with Gasteiger partial charge in [-0.05, 0) is 53.8 Å². The molecule has 0 aliphatic heterocycles. The van der Waals surface area contributed by atoms with Gasteiger partial charge in [0.25, 0.3) is 0 Å². The molecule has 5 aromatic rings. The zero-order valence-electron chi connectivity index (χ0n) is 21.9. The summed E-state index contributed by atoms with van der Waals surface area (Å²) < 4.78 is 17.9. The van der Waals surface area contributed by atoms with E-state index in [4.69, 9.17) is 0 Å². The van der Waals surface area contributed by atoms with E-state index >= 15 is 0 Å². The number of Topliss-reactive ketones (excluding diaryl/α,β-unsaturated/α-hetero) is 1. The second-order valence-corrected chi connectivity index (χ2v) is 9.49. The highest BCUT2D eigenvalue weighted by molar-refractivity contribution is 5.97. The summed E-state index contributed by atoms with van der Waals surface area (Å²) >= 11 is 0. The first-order valence-corrected chi connectivity index (χ1v) is 13.0. The normalized spacial score (nSPS) is 11.2. The number of carbonyl (C=O) groups is 1. The standard InChI is InChI=1S/C30H29FN6O2/c1-3-4-5-9-23-19-37(28-24(20(2)38)12-8-13-27(28)31)30(39)36(23)18-21-14-16-22(17-15-21)25-10-6-7-11-26(25)29-32-34-35-33-29/h6-8,10-17,19H,3-5,9,18H2,1-2H3,(H,32,33,34,35). The van der Waals surface area contributed by atoms with Crippen LogP contribution in [0.2, 0.25) is 0 Å². The lowest BCUT2D eigenvalue weighted by Crippen LogP contribution is -2.26. The summed E-state index contributed by atoms with van der Waals surface area (Å²) in [5.74, 6) is -0.391. The summed E-state index contributed by atoms with van der Waals surface area (Å²) in [6, 6.07) is 20.1. The van der Waals surface area contributed by atoms with Crippen molar-refractivity contribution >= 4 is 5.78 Å². The molecule has 1 N–H and O–H groups in total. The number of H-pyrrole nitrogens is 1. The van der Waals surface area contributed by atoms with E-state index in [1.54, 1.807) is 16.8 Å². The average molecular weight is 525 g/mol. The number of nitrogens with one attached hydrogen (secondary N) is 1. The van der Waals surface area contributed by atoms with Crippen molar-refractivity contribution in [1.29, 1.82) is 0 Å². The Morgan fingerprint density at radius 3 is 2.44 bits per heavy atom. The SMILES string of the molecule is CCCCCc1cn(-c2c(F)cccc2C(C)=O)c(=O)n1Cc1ccc(-c2ccccc2-c2nn[nH]n2)cc1. The molecular formula is C30H29FN6O2. The minimum Gasteiger partial charge on any atom is -0.294 e. The number of nitrogens with zero attached hydrogens (tertiary/aromatic N) is 5. The zero-order valence-corrected chi connectivity index (χ0v) is 21.9. The number of hydrogen-bond donors (Lipinski definition) is 1. The maximum Gasteiger partial charge on any atom is 0.333 e. The Bertz CT molecular complexity index is 1650. The molecule has 0 amide bonds. The molecule has 5 rings (SSSR count). The first-order valence-electron chi connectivity index (χ1n) is 13.0. The number of benzene rings is 3. The summed E-state index contributed by atoms with van der Waals surface area (Å²) in [6.45, 7) is 3.82. The number of tetrazole rings is 1. The largest absolute Gasteiger partial charge is 0.333 e. The maximum atomic E-state index is 15.0. The summed E-state index contributed by atoms with van der Waals surface area (Å²) in [4.78, 5) is 25.9. The molecule has 0 atom stereocenters. The Labute approximate surface area is 225 Å². The Balaban J connectivity index is 1.51.